The van der Waals surface area contributed by atoms with Gasteiger partial charge >= 0.3 is 0 Å². The molecule has 1 aliphatic rings. The molecule has 0 aliphatic heterocycles. The molecule has 0 aromatic heterocycles. The van der Waals surface area contributed by atoms with E-state index in [0.29, 0.717) is 26.7 Å². The second kappa shape index (κ2) is 7.58. The predicted octanol–water partition coefficient (Wildman–Crippen LogP) is 5.31. The number of hydrogen-bond acceptors (Lipinski definition) is 2. The molecule has 20 heavy (non-hydrogen) atoms. The highest BCUT2D eigenvalue weighted by Gasteiger charge is 2.16. The first-order valence-electron chi connectivity index (χ1n) is 6.94. The molecule has 1 aromatic carbocycles. The van der Waals surface area contributed by atoms with Gasteiger partial charge < -0.3 is 5.32 Å². The lowest BCUT2D eigenvalue weighted by atomic mass is 10.0. The molecule has 0 saturated heterocycles. The molecule has 2 nitrogen and oxygen atoms in total. The van der Waals surface area contributed by atoms with Gasteiger partial charge in [0.05, 0.1) is 21.5 Å². The van der Waals surface area contributed by atoms with Crippen molar-refractivity contribution in [3.8, 4) is 0 Å². The van der Waals surface area contributed by atoms with E-state index in [1.54, 1.807) is 17.8 Å². The summed E-state index contributed by atoms with van der Waals surface area (Å²) in [5, 5.41) is 4.46. The average Bonchev–Trinajstić information content (AvgIpc) is 2.46. The highest BCUT2D eigenvalue weighted by Crippen LogP contribution is 2.33. The van der Waals surface area contributed by atoms with E-state index in [-0.39, 0.29) is 5.91 Å². The summed E-state index contributed by atoms with van der Waals surface area (Å²) < 4.78 is 0. The number of halogens is 2. The zero-order valence-electron chi connectivity index (χ0n) is 11.5. The van der Waals surface area contributed by atoms with Crippen LogP contribution in [0.5, 0.6) is 0 Å². The molecule has 1 aliphatic carbocycles. The molecule has 0 radical (unpaired) electrons. The Bertz CT molecular complexity index is 487. The van der Waals surface area contributed by atoms with Crippen LogP contribution in [0.25, 0.3) is 0 Å². The summed E-state index contributed by atoms with van der Waals surface area (Å²) in [7, 11) is 0. The normalized spacial score (nSPS) is 16.1. The SMILES string of the molecule is Cc1ccc(Cl)c(NC(=O)CSC2CCCCC2)c1Cl. The first kappa shape index (κ1) is 16.0. The van der Waals surface area contributed by atoms with Gasteiger partial charge in [0, 0.05) is 5.25 Å². The van der Waals surface area contributed by atoms with Crippen LogP contribution in [-0.2, 0) is 4.79 Å². The summed E-state index contributed by atoms with van der Waals surface area (Å²) in [6.07, 6.45) is 6.36. The molecular weight excluding hydrogens is 313 g/mol. The molecule has 0 unspecified atom stereocenters. The molecule has 0 spiro atoms. The van der Waals surface area contributed by atoms with Crippen LogP contribution in [0, 0.1) is 6.92 Å². The van der Waals surface area contributed by atoms with Crippen molar-refractivity contribution in [2.24, 2.45) is 0 Å². The van der Waals surface area contributed by atoms with Gasteiger partial charge in [-0.1, -0.05) is 48.5 Å². The van der Waals surface area contributed by atoms with Gasteiger partial charge in [0.1, 0.15) is 0 Å². The highest BCUT2D eigenvalue weighted by molar-refractivity contribution is 8.00. The van der Waals surface area contributed by atoms with E-state index in [9.17, 15) is 4.79 Å². The number of aryl methyl sites for hydroxylation is 1. The number of nitrogens with one attached hydrogen (secondary N) is 1. The zero-order chi connectivity index (χ0) is 14.5. The van der Waals surface area contributed by atoms with Gasteiger partial charge in [0.2, 0.25) is 5.91 Å². The summed E-state index contributed by atoms with van der Waals surface area (Å²) in [4.78, 5) is 12.0. The second-order valence-corrected chi connectivity index (χ2v) is 7.25. The maximum atomic E-state index is 12.0. The first-order chi connectivity index (χ1) is 9.58. The van der Waals surface area contributed by atoms with E-state index in [4.69, 9.17) is 23.2 Å². The Morgan fingerprint density at radius 2 is 2.00 bits per heavy atom. The van der Waals surface area contributed by atoms with Gasteiger partial charge in [0.25, 0.3) is 0 Å². The molecule has 0 bridgehead atoms. The number of thioether (sulfide) groups is 1. The second-order valence-electron chi connectivity index (χ2n) is 5.17. The average molecular weight is 332 g/mol. The van der Waals surface area contributed by atoms with Crippen LogP contribution in [0.1, 0.15) is 37.7 Å². The number of amides is 1. The number of carbonyl (C=O) groups is 1. The minimum atomic E-state index is -0.0324. The summed E-state index contributed by atoms with van der Waals surface area (Å²) in [5.74, 6) is 0.431. The third-order valence-corrected chi connectivity index (χ3v) is 5.72. The summed E-state index contributed by atoms with van der Waals surface area (Å²) in [6, 6.07) is 3.60. The Labute approximate surface area is 134 Å². The van der Waals surface area contributed by atoms with Crippen LogP contribution in [0.2, 0.25) is 10.0 Å². The molecular formula is C15H19Cl2NOS. The quantitative estimate of drug-likeness (QED) is 0.810. The van der Waals surface area contributed by atoms with Gasteiger partial charge in [-0.3, -0.25) is 4.79 Å². The zero-order valence-corrected chi connectivity index (χ0v) is 13.9. The molecule has 1 saturated carbocycles. The maximum absolute atomic E-state index is 12.0. The van der Waals surface area contributed by atoms with Gasteiger partial charge in [-0.15, -0.1) is 11.8 Å². The molecule has 1 N–H and O–H groups in total. The lowest BCUT2D eigenvalue weighted by molar-refractivity contribution is -0.113. The Morgan fingerprint density at radius 1 is 1.30 bits per heavy atom. The number of benzene rings is 1. The van der Waals surface area contributed by atoms with Crippen LogP contribution in [0.15, 0.2) is 12.1 Å². The standard InChI is InChI=1S/C15H19Cl2NOS/c1-10-7-8-12(16)15(14(10)17)18-13(19)9-20-11-5-3-2-4-6-11/h7-8,11H,2-6,9H2,1H3,(H,18,19). The van der Waals surface area contributed by atoms with Crippen molar-refractivity contribution in [2.75, 3.05) is 11.1 Å². The monoisotopic (exact) mass is 331 g/mol. The van der Waals surface area contributed by atoms with Crippen LogP contribution in [0.4, 0.5) is 5.69 Å². The Hall–Kier alpha value is -0.380. The van der Waals surface area contributed by atoms with E-state index in [2.05, 4.69) is 5.32 Å². The lowest BCUT2D eigenvalue weighted by Gasteiger charge is -2.20. The third kappa shape index (κ3) is 4.31. The number of carbonyl (C=O) groups excluding carboxylic acids is 1. The van der Waals surface area contributed by atoms with Crippen molar-refractivity contribution in [3.63, 3.8) is 0 Å². The van der Waals surface area contributed by atoms with Crippen molar-refractivity contribution in [1.29, 1.82) is 0 Å². The first-order valence-corrected chi connectivity index (χ1v) is 8.74. The molecule has 1 aromatic rings. The minimum Gasteiger partial charge on any atom is -0.323 e. The Balaban J connectivity index is 1.89. The van der Waals surface area contributed by atoms with Crippen molar-refractivity contribution in [3.05, 3.63) is 27.7 Å². The van der Waals surface area contributed by atoms with Crippen molar-refractivity contribution < 1.29 is 4.79 Å². The van der Waals surface area contributed by atoms with E-state index in [1.807, 2.05) is 13.0 Å². The predicted molar refractivity (Wildman–Crippen MR) is 89.2 cm³/mol. The summed E-state index contributed by atoms with van der Waals surface area (Å²) in [5.41, 5.74) is 1.44. The molecule has 0 atom stereocenters. The third-order valence-electron chi connectivity index (χ3n) is 3.55. The van der Waals surface area contributed by atoms with Gasteiger partial charge in [0.15, 0.2) is 0 Å². The largest absolute Gasteiger partial charge is 0.323 e. The maximum Gasteiger partial charge on any atom is 0.234 e. The van der Waals surface area contributed by atoms with Gasteiger partial charge in [-0.25, -0.2) is 0 Å². The van der Waals surface area contributed by atoms with Crippen molar-refractivity contribution in [2.45, 2.75) is 44.3 Å². The van der Waals surface area contributed by atoms with Crippen LogP contribution in [0.3, 0.4) is 0 Å². The molecule has 0 heterocycles. The summed E-state index contributed by atoms with van der Waals surface area (Å²) in [6.45, 7) is 1.89. The topological polar surface area (TPSA) is 29.1 Å². The highest BCUT2D eigenvalue weighted by atomic mass is 35.5. The number of anilines is 1. The van der Waals surface area contributed by atoms with E-state index >= 15 is 0 Å². The van der Waals surface area contributed by atoms with E-state index in [0.717, 1.165) is 5.56 Å². The van der Waals surface area contributed by atoms with Gasteiger partial charge in [-0.05, 0) is 31.4 Å². The van der Waals surface area contributed by atoms with Gasteiger partial charge in [-0.2, -0.15) is 0 Å². The lowest BCUT2D eigenvalue weighted by Crippen LogP contribution is -2.18. The molecule has 1 amide bonds. The van der Waals surface area contributed by atoms with Crippen LogP contribution in [-0.4, -0.2) is 16.9 Å². The van der Waals surface area contributed by atoms with Crippen molar-refractivity contribution >= 4 is 46.6 Å². The van der Waals surface area contributed by atoms with E-state index < -0.39 is 0 Å². The van der Waals surface area contributed by atoms with Crippen LogP contribution < -0.4 is 5.32 Å². The Kier molecular flexibility index (Phi) is 6.06. The number of rotatable bonds is 4. The molecule has 110 valence electrons. The van der Waals surface area contributed by atoms with Crippen molar-refractivity contribution in [1.82, 2.24) is 0 Å². The molecule has 5 heteroatoms. The fourth-order valence-electron chi connectivity index (χ4n) is 2.37. The summed E-state index contributed by atoms with van der Waals surface area (Å²) >= 11 is 14.0. The minimum absolute atomic E-state index is 0.0324. The number of hydrogen-bond donors (Lipinski definition) is 1. The molecule has 1 fully saturated rings. The molecule has 2 rings (SSSR count). The van der Waals surface area contributed by atoms with Crippen LogP contribution >= 0.6 is 35.0 Å². The van der Waals surface area contributed by atoms with E-state index in [1.165, 1.54) is 32.1 Å². The fourth-order valence-corrected chi connectivity index (χ4v) is 3.96. The smallest absolute Gasteiger partial charge is 0.234 e. The fraction of sp³-hybridized carbons (Fsp3) is 0.533. The Morgan fingerprint density at radius 3 is 2.70 bits per heavy atom.